The Bertz CT molecular complexity index is 471. The number of benzene rings is 1. The topological polar surface area (TPSA) is 69.9 Å². The molecule has 0 saturated carbocycles. The van der Waals surface area contributed by atoms with Gasteiger partial charge in [-0.1, -0.05) is 71.1 Å². The average Bonchev–Trinajstić information content (AvgIpc) is 2.58. The molecule has 0 unspecified atom stereocenters. The highest BCUT2D eigenvalue weighted by atomic mass is 16.5. The van der Waals surface area contributed by atoms with E-state index in [1.807, 2.05) is 0 Å². The summed E-state index contributed by atoms with van der Waals surface area (Å²) in [5.74, 6) is -0.355. The standard InChI is InChI=1S/C20H34O4/c1-3-4-5-6-7-8-9-10-11-12-13-14-16-19(22)17(21)15-18(24-2)20(16)23/h15,21-23H,3-14H2,1-2H3. The summed E-state index contributed by atoms with van der Waals surface area (Å²) in [5, 5.41) is 29.6. The van der Waals surface area contributed by atoms with Gasteiger partial charge < -0.3 is 20.1 Å². The lowest BCUT2D eigenvalue weighted by molar-refractivity contribution is 0.350. The molecule has 0 fully saturated rings. The van der Waals surface area contributed by atoms with Crippen LogP contribution in [0.2, 0.25) is 0 Å². The van der Waals surface area contributed by atoms with Crippen molar-refractivity contribution in [2.45, 2.75) is 84.0 Å². The van der Waals surface area contributed by atoms with Gasteiger partial charge in [0, 0.05) is 11.6 Å². The third-order valence-corrected chi connectivity index (χ3v) is 4.57. The molecule has 0 radical (unpaired) electrons. The van der Waals surface area contributed by atoms with Gasteiger partial charge in [-0.25, -0.2) is 0 Å². The molecule has 0 saturated heterocycles. The smallest absolute Gasteiger partial charge is 0.164 e. The molecule has 0 spiro atoms. The van der Waals surface area contributed by atoms with Crippen LogP contribution in [0.3, 0.4) is 0 Å². The van der Waals surface area contributed by atoms with Gasteiger partial charge in [-0.05, 0) is 12.8 Å². The predicted octanol–water partition coefficient (Wildman–Crippen LogP) is 5.67. The molecule has 1 rings (SSSR count). The molecule has 0 heterocycles. The van der Waals surface area contributed by atoms with E-state index in [0.29, 0.717) is 12.0 Å². The van der Waals surface area contributed by atoms with Gasteiger partial charge in [-0.15, -0.1) is 0 Å². The Morgan fingerprint density at radius 2 is 1.25 bits per heavy atom. The van der Waals surface area contributed by atoms with Crippen molar-refractivity contribution >= 4 is 0 Å². The van der Waals surface area contributed by atoms with Gasteiger partial charge in [0.05, 0.1) is 7.11 Å². The van der Waals surface area contributed by atoms with Crippen molar-refractivity contribution in [3.8, 4) is 23.0 Å². The fraction of sp³-hybridized carbons (Fsp3) is 0.700. The monoisotopic (exact) mass is 338 g/mol. The first-order valence-corrected chi connectivity index (χ1v) is 9.42. The quantitative estimate of drug-likeness (QED) is 0.246. The lowest BCUT2D eigenvalue weighted by atomic mass is 10.0. The van der Waals surface area contributed by atoms with E-state index in [4.69, 9.17) is 4.74 Å². The third-order valence-electron chi connectivity index (χ3n) is 4.57. The number of hydrogen-bond acceptors (Lipinski definition) is 4. The molecule has 0 aliphatic heterocycles. The summed E-state index contributed by atoms with van der Waals surface area (Å²) < 4.78 is 5.01. The molecule has 0 bridgehead atoms. The normalized spacial score (nSPS) is 10.9. The van der Waals surface area contributed by atoms with Crippen LogP contribution in [0.4, 0.5) is 0 Å². The first-order chi connectivity index (χ1) is 11.6. The summed E-state index contributed by atoms with van der Waals surface area (Å²) in [6.07, 6.45) is 14.3. The highest BCUT2D eigenvalue weighted by Gasteiger charge is 2.17. The molecule has 4 nitrogen and oxygen atoms in total. The Morgan fingerprint density at radius 1 is 0.750 bits per heavy atom. The number of phenolic OH excluding ortho intramolecular Hbond substituents is 3. The van der Waals surface area contributed by atoms with Gasteiger partial charge >= 0.3 is 0 Å². The van der Waals surface area contributed by atoms with Crippen LogP contribution in [-0.4, -0.2) is 22.4 Å². The number of unbranched alkanes of at least 4 members (excludes halogenated alkanes) is 10. The van der Waals surface area contributed by atoms with Crippen LogP contribution in [-0.2, 0) is 6.42 Å². The molecule has 3 N–H and O–H groups in total. The van der Waals surface area contributed by atoms with Crippen LogP contribution >= 0.6 is 0 Å². The number of aromatic hydroxyl groups is 3. The molecule has 24 heavy (non-hydrogen) atoms. The van der Waals surface area contributed by atoms with Crippen molar-refractivity contribution in [1.29, 1.82) is 0 Å². The highest BCUT2D eigenvalue weighted by molar-refractivity contribution is 5.59. The van der Waals surface area contributed by atoms with E-state index in [1.165, 1.54) is 71.0 Å². The number of phenols is 3. The molecule has 0 aliphatic rings. The Kier molecular flexibility index (Phi) is 10.1. The Hall–Kier alpha value is -1.58. The van der Waals surface area contributed by atoms with Crippen LogP contribution in [0, 0.1) is 0 Å². The van der Waals surface area contributed by atoms with Crippen molar-refractivity contribution in [3.63, 3.8) is 0 Å². The van der Waals surface area contributed by atoms with Gasteiger partial charge in [0.25, 0.3) is 0 Å². The number of methoxy groups -OCH3 is 1. The van der Waals surface area contributed by atoms with Gasteiger partial charge in [0.1, 0.15) is 0 Å². The van der Waals surface area contributed by atoms with Crippen molar-refractivity contribution in [2.75, 3.05) is 7.11 Å². The Balaban J connectivity index is 2.19. The lowest BCUT2D eigenvalue weighted by Crippen LogP contribution is -1.92. The maximum absolute atomic E-state index is 10.1. The molecule has 1 aromatic rings. The zero-order chi connectivity index (χ0) is 17.8. The minimum Gasteiger partial charge on any atom is -0.504 e. The van der Waals surface area contributed by atoms with Gasteiger partial charge in [0.2, 0.25) is 0 Å². The van der Waals surface area contributed by atoms with E-state index < -0.39 is 0 Å². The summed E-state index contributed by atoms with van der Waals surface area (Å²) in [7, 11) is 1.43. The number of ether oxygens (including phenoxy) is 1. The summed E-state index contributed by atoms with van der Waals surface area (Å²) in [6.45, 7) is 2.24. The minimum atomic E-state index is -0.247. The van der Waals surface area contributed by atoms with Gasteiger partial charge in [-0.3, -0.25) is 0 Å². The van der Waals surface area contributed by atoms with E-state index in [9.17, 15) is 15.3 Å². The summed E-state index contributed by atoms with van der Waals surface area (Å²) >= 11 is 0. The van der Waals surface area contributed by atoms with Gasteiger partial charge in [-0.2, -0.15) is 0 Å². The van der Waals surface area contributed by atoms with E-state index in [2.05, 4.69) is 6.92 Å². The second kappa shape index (κ2) is 11.9. The van der Waals surface area contributed by atoms with Crippen LogP contribution in [0.1, 0.15) is 83.1 Å². The summed E-state index contributed by atoms with van der Waals surface area (Å²) in [5.41, 5.74) is 0.378. The maximum atomic E-state index is 10.1. The number of hydrogen-bond donors (Lipinski definition) is 3. The summed E-state index contributed by atoms with van der Waals surface area (Å²) in [6, 6.07) is 1.23. The van der Waals surface area contributed by atoms with Crippen molar-refractivity contribution in [3.05, 3.63) is 11.6 Å². The molecule has 1 aromatic carbocycles. The molecule has 138 valence electrons. The molecular weight excluding hydrogens is 304 g/mol. The van der Waals surface area contributed by atoms with Crippen molar-refractivity contribution in [2.24, 2.45) is 0 Å². The van der Waals surface area contributed by atoms with Crippen LogP contribution in [0.15, 0.2) is 6.07 Å². The number of rotatable bonds is 13. The predicted molar refractivity (Wildman–Crippen MR) is 98.2 cm³/mol. The zero-order valence-electron chi connectivity index (χ0n) is 15.3. The minimum absolute atomic E-state index is 0.0696. The molecule has 0 amide bonds. The highest BCUT2D eigenvalue weighted by Crippen LogP contribution is 2.43. The molecule has 0 aliphatic carbocycles. The lowest BCUT2D eigenvalue weighted by Gasteiger charge is -2.12. The fourth-order valence-electron chi connectivity index (χ4n) is 3.03. The van der Waals surface area contributed by atoms with E-state index >= 15 is 0 Å². The Labute approximate surface area is 146 Å². The van der Waals surface area contributed by atoms with Crippen LogP contribution in [0.25, 0.3) is 0 Å². The van der Waals surface area contributed by atoms with E-state index in [-0.39, 0.29) is 23.0 Å². The third kappa shape index (κ3) is 6.90. The van der Waals surface area contributed by atoms with E-state index in [1.54, 1.807) is 0 Å². The molecule has 4 heteroatoms. The second-order valence-electron chi connectivity index (χ2n) is 6.56. The maximum Gasteiger partial charge on any atom is 0.164 e. The average molecular weight is 338 g/mol. The van der Waals surface area contributed by atoms with Crippen LogP contribution in [0.5, 0.6) is 23.0 Å². The van der Waals surface area contributed by atoms with Crippen molar-refractivity contribution < 1.29 is 20.1 Å². The van der Waals surface area contributed by atoms with E-state index in [0.717, 1.165) is 12.8 Å². The largest absolute Gasteiger partial charge is 0.504 e. The SMILES string of the molecule is CCCCCCCCCCCCCc1c(O)c(O)cc(OC)c1O. The van der Waals surface area contributed by atoms with Crippen LogP contribution < -0.4 is 4.74 Å². The molecular formula is C20H34O4. The first kappa shape index (κ1) is 20.5. The fourth-order valence-corrected chi connectivity index (χ4v) is 3.03. The van der Waals surface area contributed by atoms with Crippen molar-refractivity contribution in [1.82, 2.24) is 0 Å². The second-order valence-corrected chi connectivity index (χ2v) is 6.56. The Morgan fingerprint density at radius 3 is 1.75 bits per heavy atom. The molecule has 0 aromatic heterocycles. The zero-order valence-corrected chi connectivity index (χ0v) is 15.3. The summed E-state index contributed by atoms with van der Waals surface area (Å²) in [4.78, 5) is 0. The first-order valence-electron chi connectivity index (χ1n) is 9.42. The molecule has 0 atom stereocenters. The van der Waals surface area contributed by atoms with Gasteiger partial charge in [0.15, 0.2) is 23.0 Å².